The topological polar surface area (TPSA) is 53.9 Å². The van der Waals surface area contributed by atoms with Crippen molar-refractivity contribution in [3.8, 4) is 0 Å². The maximum Gasteiger partial charge on any atom is 0.0886 e. The second-order valence-corrected chi connectivity index (χ2v) is 6.41. The molecule has 0 bridgehead atoms. The molecule has 0 radical (unpaired) electrons. The second kappa shape index (κ2) is 6.49. The minimum atomic E-state index is 0.619. The van der Waals surface area contributed by atoms with Gasteiger partial charge in [0.15, 0.2) is 0 Å². The molecule has 0 amide bonds. The molecule has 1 aliphatic heterocycles. The number of nitrogens with zero attached hydrogens (tertiary/aromatic N) is 3. The largest absolute Gasteiger partial charge is 0.285 e. The van der Waals surface area contributed by atoms with Crippen LogP contribution in [-0.2, 0) is 0 Å². The molecule has 1 fully saturated rings. The van der Waals surface area contributed by atoms with Gasteiger partial charge in [-0.1, -0.05) is 12.8 Å². The van der Waals surface area contributed by atoms with Crippen LogP contribution in [0.3, 0.4) is 0 Å². The first-order valence-corrected chi connectivity index (χ1v) is 8.62. The molecule has 2 aromatic rings. The van der Waals surface area contributed by atoms with E-state index in [0.29, 0.717) is 5.92 Å². The minimum Gasteiger partial charge on any atom is -0.285 e. The molecule has 118 valence electrons. The molecule has 4 rings (SSSR count). The van der Waals surface area contributed by atoms with Crippen LogP contribution >= 0.6 is 0 Å². The fourth-order valence-electron chi connectivity index (χ4n) is 3.93. The Bertz CT molecular complexity index is 707. The summed E-state index contributed by atoms with van der Waals surface area (Å²) in [7, 11) is 0. The number of pyridine rings is 1. The van der Waals surface area contributed by atoms with Crippen molar-refractivity contribution in [2.45, 2.75) is 38.5 Å². The van der Waals surface area contributed by atoms with E-state index in [4.69, 9.17) is 4.99 Å². The van der Waals surface area contributed by atoms with Crippen LogP contribution in [0.4, 0.5) is 0 Å². The summed E-state index contributed by atoms with van der Waals surface area (Å²) in [6.45, 7) is 0.909. The Kier molecular flexibility index (Phi) is 4.05. The highest BCUT2D eigenvalue weighted by Gasteiger charge is 2.28. The van der Waals surface area contributed by atoms with Gasteiger partial charge in [-0.05, 0) is 60.9 Å². The van der Waals surface area contributed by atoms with E-state index in [1.807, 2.05) is 24.7 Å². The zero-order valence-corrected chi connectivity index (χ0v) is 13.3. The molecular weight excluding hydrogens is 284 g/mol. The molecule has 2 aliphatic rings. The zero-order valence-electron chi connectivity index (χ0n) is 13.3. The number of hydrogen-bond acceptors (Lipinski definition) is 3. The summed E-state index contributed by atoms with van der Waals surface area (Å²) in [5, 5.41) is 7.50. The van der Waals surface area contributed by atoms with E-state index in [1.165, 1.54) is 36.8 Å². The number of rotatable bonds is 3. The summed E-state index contributed by atoms with van der Waals surface area (Å²) in [4.78, 5) is 9.15. The molecule has 3 heterocycles. The Morgan fingerprint density at radius 3 is 2.78 bits per heavy atom. The highest BCUT2D eigenvalue weighted by molar-refractivity contribution is 6.16. The van der Waals surface area contributed by atoms with Gasteiger partial charge in [0.05, 0.1) is 11.4 Å². The summed E-state index contributed by atoms with van der Waals surface area (Å²) in [5.74, 6) is 0.619. The molecule has 23 heavy (non-hydrogen) atoms. The van der Waals surface area contributed by atoms with Gasteiger partial charge in [0.2, 0.25) is 0 Å². The lowest BCUT2D eigenvalue weighted by Crippen LogP contribution is -2.16. The predicted octanol–water partition coefficient (Wildman–Crippen LogP) is 4.03. The van der Waals surface area contributed by atoms with Crippen LogP contribution in [0.5, 0.6) is 0 Å². The summed E-state index contributed by atoms with van der Waals surface area (Å²) >= 11 is 0. The third-order valence-corrected chi connectivity index (χ3v) is 4.94. The summed E-state index contributed by atoms with van der Waals surface area (Å²) in [6.07, 6.45) is 13.1. The highest BCUT2D eigenvalue weighted by Crippen LogP contribution is 2.40. The first-order chi connectivity index (χ1) is 11.4. The maximum atomic E-state index is 4.86. The Morgan fingerprint density at radius 1 is 1.13 bits per heavy atom. The molecule has 4 heteroatoms. The number of hydrogen-bond donors (Lipinski definition) is 1. The van der Waals surface area contributed by atoms with Gasteiger partial charge in [-0.15, -0.1) is 0 Å². The van der Waals surface area contributed by atoms with Gasteiger partial charge in [0, 0.05) is 30.7 Å². The number of aliphatic imine (C=N–C) groups is 1. The molecule has 1 saturated carbocycles. The molecule has 1 aliphatic carbocycles. The lowest BCUT2D eigenvalue weighted by Gasteiger charge is -2.23. The number of aromatic nitrogens is 3. The van der Waals surface area contributed by atoms with Crippen molar-refractivity contribution in [2.24, 2.45) is 10.9 Å². The molecule has 1 N–H and O–H groups in total. The minimum absolute atomic E-state index is 0.619. The van der Waals surface area contributed by atoms with E-state index in [9.17, 15) is 0 Å². The molecule has 0 unspecified atom stereocenters. The van der Waals surface area contributed by atoms with Gasteiger partial charge >= 0.3 is 0 Å². The predicted molar refractivity (Wildman–Crippen MR) is 92.3 cm³/mol. The van der Waals surface area contributed by atoms with Crippen LogP contribution in [0.1, 0.15) is 49.8 Å². The second-order valence-electron chi connectivity index (χ2n) is 6.41. The van der Waals surface area contributed by atoms with Gasteiger partial charge in [0.25, 0.3) is 0 Å². The van der Waals surface area contributed by atoms with Crippen LogP contribution in [-0.4, -0.2) is 27.4 Å². The Morgan fingerprint density at radius 2 is 2.04 bits per heavy atom. The normalized spacial score (nSPS) is 21.3. The van der Waals surface area contributed by atoms with Crippen molar-refractivity contribution in [3.63, 3.8) is 0 Å². The third-order valence-electron chi connectivity index (χ3n) is 4.94. The highest BCUT2D eigenvalue weighted by atomic mass is 15.1. The summed E-state index contributed by atoms with van der Waals surface area (Å²) < 4.78 is 0. The molecule has 0 aromatic carbocycles. The van der Waals surface area contributed by atoms with Crippen LogP contribution in [0.2, 0.25) is 0 Å². The number of nitrogens with one attached hydrogen (secondary N) is 1. The third kappa shape index (κ3) is 2.85. The molecule has 0 atom stereocenters. The number of allylic oxidation sites excluding steroid dienone is 2. The monoisotopic (exact) mass is 306 g/mol. The molecule has 0 spiro atoms. The van der Waals surface area contributed by atoms with Gasteiger partial charge < -0.3 is 0 Å². The summed E-state index contributed by atoms with van der Waals surface area (Å²) in [5.41, 5.74) is 6.18. The van der Waals surface area contributed by atoms with Crippen LogP contribution in [0.15, 0.2) is 47.4 Å². The SMILES string of the molecule is c1cncc(C2=NCCCC2=C(c2cc[nH]n2)C2CCCC2)c1. The number of aromatic amines is 1. The van der Waals surface area contributed by atoms with Gasteiger partial charge in [-0.25, -0.2) is 0 Å². The molecule has 2 aromatic heterocycles. The lowest BCUT2D eigenvalue weighted by molar-refractivity contribution is 0.692. The van der Waals surface area contributed by atoms with Crippen LogP contribution < -0.4 is 0 Å². The van der Waals surface area contributed by atoms with E-state index in [1.54, 1.807) is 0 Å². The van der Waals surface area contributed by atoms with Crippen molar-refractivity contribution in [1.82, 2.24) is 15.2 Å². The Labute approximate surface area is 136 Å². The standard InChI is InChI=1S/C19H22N4/c1-2-6-14(5-1)18(17-9-12-22-23-17)16-8-4-11-21-19(16)15-7-3-10-20-13-15/h3,7,9-10,12-14H,1-2,4-6,8,11H2,(H,22,23). The lowest BCUT2D eigenvalue weighted by atomic mass is 9.84. The first-order valence-electron chi connectivity index (χ1n) is 8.62. The fraction of sp³-hybridized carbons (Fsp3) is 0.421. The van der Waals surface area contributed by atoms with Crippen molar-refractivity contribution in [2.75, 3.05) is 6.54 Å². The summed E-state index contributed by atoms with van der Waals surface area (Å²) in [6, 6.07) is 6.22. The molecule has 0 saturated heterocycles. The van der Waals surface area contributed by atoms with E-state index < -0.39 is 0 Å². The average molecular weight is 306 g/mol. The van der Waals surface area contributed by atoms with E-state index in [0.717, 1.165) is 36.4 Å². The molecular formula is C19H22N4. The van der Waals surface area contributed by atoms with Crippen molar-refractivity contribution in [1.29, 1.82) is 0 Å². The quantitative estimate of drug-likeness (QED) is 0.930. The van der Waals surface area contributed by atoms with Gasteiger partial charge in [-0.3, -0.25) is 15.1 Å². The van der Waals surface area contributed by atoms with Crippen molar-refractivity contribution in [3.05, 3.63) is 53.6 Å². The maximum absolute atomic E-state index is 4.86. The zero-order chi connectivity index (χ0) is 15.5. The van der Waals surface area contributed by atoms with Gasteiger partial charge in [0.1, 0.15) is 0 Å². The Hall–Kier alpha value is -2.23. The van der Waals surface area contributed by atoms with Crippen molar-refractivity contribution >= 4 is 11.3 Å². The smallest absolute Gasteiger partial charge is 0.0886 e. The average Bonchev–Trinajstić information content (AvgIpc) is 3.31. The number of H-pyrrole nitrogens is 1. The van der Waals surface area contributed by atoms with E-state index in [-0.39, 0.29) is 0 Å². The van der Waals surface area contributed by atoms with Crippen LogP contribution in [0.25, 0.3) is 5.57 Å². The van der Waals surface area contributed by atoms with Gasteiger partial charge in [-0.2, -0.15) is 5.10 Å². The van der Waals surface area contributed by atoms with Crippen molar-refractivity contribution < 1.29 is 0 Å². The first kappa shape index (κ1) is 14.4. The van der Waals surface area contributed by atoms with E-state index in [2.05, 4.69) is 27.3 Å². The van der Waals surface area contributed by atoms with E-state index >= 15 is 0 Å². The fourth-order valence-corrected chi connectivity index (χ4v) is 3.93. The van der Waals surface area contributed by atoms with Crippen LogP contribution in [0, 0.1) is 5.92 Å². The molecule has 4 nitrogen and oxygen atoms in total. The Balaban J connectivity index is 1.85.